The molecule has 146 heavy (non-hydrogen) atoms. The Hall–Kier alpha value is -2.52. The van der Waals surface area contributed by atoms with Crippen LogP contribution in [0.5, 0.6) is 0 Å². The van der Waals surface area contributed by atoms with Crippen molar-refractivity contribution in [1.29, 1.82) is 0 Å². The molecule has 38 heteroatoms. The third-order valence-corrected chi connectivity index (χ3v) is 26.2. The van der Waals surface area contributed by atoms with E-state index in [2.05, 4.69) is 455 Å². The molecule has 0 rings (SSSR count). The smallest absolute Gasteiger partial charge is 0.304 e. The van der Waals surface area contributed by atoms with E-state index >= 15 is 0 Å². The lowest BCUT2D eigenvalue weighted by atomic mass is 10.1. The van der Waals surface area contributed by atoms with E-state index in [1.807, 2.05) is 21.1 Å². The quantitative estimate of drug-likeness (QED) is 0.0591. The average Bonchev–Trinajstić information content (AvgIpc) is 0.876. The van der Waals surface area contributed by atoms with E-state index in [1.165, 1.54) is 76.6 Å². The van der Waals surface area contributed by atoms with E-state index in [0.29, 0.717) is 38.0 Å². The number of nitrogens with two attached hydrogens (primary N) is 2. The molecule has 0 radical (unpaired) electrons. The standard InChI is InChI=1S/C18H37N7.C18H43N5.C16H39N5.C15H36N4S.C14H35N5.C14H32N4O2.C13H33N5/c1-19-17-23(6)12-15-25(16-13-24(7)18-20-2)14-11-22(5)10-8-9-21(3)4;1-16(21(8)9)14-22(10)15-18(3)23(12-11-19(4)5)17(2)13-20(6)7;1-17(2)9-8-10-20(7)13-16-21(14-11-18(3)4)15-12-19(5)6;1-16(2)8-7-14-20-15-13-19(11-9-17(3)4)12-10-18(5)6;1-16(2)9-12-19(13-10-17(3)4)14-11-18(5)8-6-7-15;1-15(2)8-11-18(12-9-16(3)4)13-10-17(5)7-6-14(19)20;1-15(2)8-11-18(12-9-16(3)4)13-10-17(5)7-6-14/h8-18H2,3-7H3;16-18H,11-15H2,1-10H3;8-16H2,1-7H3;7-15H2,1-6H3;6-15H2,1-5H3;6-13H2,1-5H3,(H,19,20);6-14H2,1-5H3. The predicted molar refractivity (Wildman–Crippen MR) is 645 cm³/mol. The Morgan fingerprint density at radius 2 is 0.452 bits per heavy atom. The molecule has 0 aliphatic heterocycles. The van der Waals surface area contributed by atoms with Crippen LogP contribution in [0.25, 0.3) is 9.69 Å². The third kappa shape index (κ3) is 123. The highest BCUT2D eigenvalue weighted by molar-refractivity contribution is 7.99. The number of likely N-dealkylation sites (N-methyl/N-ethyl adjacent to an activating group) is 21. The van der Waals surface area contributed by atoms with Crippen molar-refractivity contribution in [1.82, 2.24) is 152 Å². The molecule has 0 aromatic rings. The molecule has 0 aromatic heterocycles. The van der Waals surface area contributed by atoms with Crippen molar-refractivity contribution in [3.8, 4) is 0 Å². The molecule has 37 nitrogen and oxygen atoms in total. The molecule has 0 bridgehead atoms. The van der Waals surface area contributed by atoms with Crippen molar-refractivity contribution >= 4 is 17.7 Å². The number of aliphatic carboxylic acids is 1. The molecular weight excluding hydrogens is 1850 g/mol. The van der Waals surface area contributed by atoms with Crippen molar-refractivity contribution in [3.05, 3.63) is 22.8 Å². The van der Waals surface area contributed by atoms with Gasteiger partial charge in [0.2, 0.25) is 0 Å². The zero-order chi connectivity index (χ0) is 113. The molecule has 0 aromatic carbocycles. The summed E-state index contributed by atoms with van der Waals surface area (Å²) in [6.45, 7) is 75.7. The number of thioether (sulfide) groups is 1. The summed E-state index contributed by atoms with van der Waals surface area (Å²) in [6.07, 6.45) is 5.04. The minimum atomic E-state index is -0.728. The summed E-state index contributed by atoms with van der Waals surface area (Å²) in [4.78, 5) is 89.5. The summed E-state index contributed by atoms with van der Waals surface area (Å²) in [5, 5.41) is 8.68. The lowest BCUT2D eigenvalue weighted by Gasteiger charge is -2.39. The van der Waals surface area contributed by atoms with Gasteiger partial charge in [-0.05, 0) is 380 Å². The number of carboxylic acid groups (broad SMARTS) is 1. The molecule has 880 valence electrons. The Bertz CT molecular complexity index is 2690. The van der Waals surface area contributed by atoms with Crippen LogP contribution in [0, 0.1) is 13.1 Å². The third-order valence-electron chi connectivity index (χ3n) is 25.1. The van der Waals surface area contributed by atoms with Gasteiger partial charge in [-0.3, -0.25) is 48.8 Å². The maximum atomic E-state index is 10.5. The number of hydrogen-bond donors (Lipinski definition) is 3. The fourth-order valence-electron chi connectivity index (χ4n) is 14.6. The zero-order valence-corrected chi connectivity index (χ0v) is 106. The summed E-state index contributed by atoms with van der Waals surface area (Å²) < 4.78 is 0. The van der Waals surface area contributed by atoms with E-state index in [-0.39, 0.29) is 6.42 Å². The molecule has 0 aliphatic rings. The second kappa shape index (κ2) is 105. The highest BCUT2D eigenvalue weighted by atomic mass is 32.2. The molecule has 0 saturated carbocycles. The topological polar surface area (TPSA) is 199 Å². The number of carbonyl (C=O) groups is 1. The van der Waals surface area contributed by atoms with Gasteiger partial charge in [0.1, 0.15) is 0 Å². The Balaban J connectivity index is -0.000000310. The molecule has 3 atom stereocenters. The summed E-state index contributed by atoms with van der Waals surface area (Å²) in [6, 6.07) is 1.71. The van der Waals surface area contributed by atoms with E-state index in [1.54, 1.807) is 0 Å². The monoisotopic (exact) mass is 2110 g/mol. The lowest BCUT2D eigenvalue weighted by molar-refractivity contribution is -0.137. The summed E-state index contributed by atoms with van der Waals surface area (Å²) in [5.74, 6) is 1.82. The van der Waals surface area contributed by atoms with Gasteiger partial charge in [-0.25, -0.2) is 22.9 Å². The van der Waals surface area contributed by atoms with E-state index in [9.17, 15) is 4.79 Å². The van der Waals surface area contributed by atoms with Crippen molar-refractivity contribution < 1.29 is 9.90 Å². The van der Waals surface area contributed by atoms with Crippen molar-refractivity contribution in [3.63, 3.8) is 0 Å². The van der Waals surface area contributed by atoms with Gasteiger partial charge in [0.15, 0.2) is 0 Å². The number of rotatable bonds is 88. The van der Waals surface area contributed by atoms with Gasteiger partial charge >= 0.3 is 5.97 Å². The fraction of sp³-hybridized carbons (Fsp3) is 0.972. The van der Waals surface area contributed by atoms with Crippen LogP contribution in [0.1, 0.15) is 52.9 Å². The molecule has 0 spiro atoms. The maximum absolute atomic E-state index is 10.5. The van der Waals surface area contributed by atoms with Gasteiger partial charge in [-0.15, -0.1) is 0 Å². The molecule has 0 amide bonds. The van der Waals surface area contributed by atoms with Crippen molar-refractivity contribution in [2.45, 2.75) is 71.0 Å². The van der Waals surface area contributed by atoms with Gasteiger partial charge in [-0.2, -0.15) is 11.8 Å². The largest absolute Gasteiger partial charge is 0.481 e. The normalized spacial score (nSPS) is 12.9. The molecule has 5 N–H and O–H groups in total. The zero-order valence-electron chi connectivity index (χ0n) is 105. The Kier molecular flexibility index (Phi) is 113. The summed E-state index contributed by atoms with van der Waals surface area (Å²) in [7, 11) is 85.4. The Morgan fingerprint density at radius 3 is 0.699 bits per heavy atom. The highest BCUT2D eigenvalue weighted by Crippen LogP contribution is 2.11. The summed E-state index contributed by atoms with van der Waals surface area (Å²) in [5.41, 5.74) is 11.1. The van der Waals surface area contributed by atoms with Crippen LogP contribution >= 0.6 is 11.8 Å². The summed E-state index contributed by atoms with van der Waals surface area (Å²) >= 11 is 2.10. The van der Waals surface area contributed by atoms with Gasteiger partial charge in [-0.1, -0.05) is 0 Å². The second-order valence-electron chi connectivity index (χ2n) is 45.6. The first-order valence-corrected chi connectivity index (χ1v) is 56.3. The molecule has 0 heterocycles. The number of hydrogen-bond acceptors (Lipinski definition) is 35. The molecular formula is C108H255N35O2S. The van der Waals surface area contributed by atoms with Crippen LogP contribution in [0.15, 0.2) is 0 Å². The van der Waals surface area contributed by atoms with E-state index in [4.69, 9.17) is 29.7 Å². The van der Waals surface area contributed by atoms with Gasteiger partial charge < -0.3 is 124 Å². The van der Waals surface area contributed by atoms with Crippen LogP contribution in [0.4, 0.5) is 0 Å². The van der Waals surface area contributed by atoms with Crippen LogP contribution < -0.4 is 11.5 Å². The minimum Gasteiger partial charge on any atom is -0.481 e. The molecule has 3 unspecified atom stereocenters. The maximum Gasteiger partial charge on any atom is 0.304 e. The van der Waals surface area contributed by atoms with Crippen molar-refractivity contribution in [2.75, 3.05) is 634 Å². The van der Waals surface area contributed by atoms with Gasteiger partial charge in [0.25, 0.3) is 13.3 Å². The van der Waals surface area contributed by atoms with Crippen LogP contribution in [0.2, 0.25) is 0 Å². The second-order valence-corrected chi connectivity index (χ2v) is 46.8. The van der Waals surface area contributed by atoms with Crippen molar-refractivity contribution in [2.24, 2.45) is 11.5 Å². The fourth-order valence-corrected chi connectivity index (χ4v) is 15.5. The van der Waals surface area contributed by atoms with E-state index < -0.39 is 5.97 Å². The Morgan fingerprint density at radius 1 is 0.226 bits per heavy atom. The first kappa shape index (κ1) is 156. The first-order valence-electron chi connectivity index (χ1n) is 55.2. The first-order chi connectivity index (χ1) is 68.4. The lowest BCUT2D eigenvalue weighted by Crippen LogP contribution is -2.51. The highest BCUT2D eigenvalue weighted by Gasteiger charge is 2.24. The van der Waals surface area contributed by atoms with Gasteiger partial charge in [0, 0.05) is 305 Å². The Labute approximate surface area is 913 Å². The molecule has 0 fully saturated rings. The average molecular weight is 2110 g/mol. The van der Waals surface area contributed by atoms with Crippen LogP contribution in [-0.4, -0.2) is 815 Å². The molecule has 0 aliphatic carbocycles. The van der Waals surface area contributed by atoms with Crippen LogP contribution in [0.3, 0.4) is 0 Å². The number of nitrogens with zero attached hydrogens (tertiary/aromatic N) is 33. The van der Waals surface area contributed by atoms with Crippen LogP contribution in [-0.2, 0) is 4.79 Å². The molecule has 0 saturated heterocycles. The predicted octanol–water partition coefficient (Wildman–Crippen LogP) is 2.06. The minimum absolute atomic E-state index is 0.214. The van der Waals surface area contributed by atoms with Gasteiger partial charge in [0.05, 0.1) is 6.42 Å². The van der Waals surface area contributed by atoms with E-state index in [0.717, 1.165) is 281 Å². The SMILES string of the molecule is CC(CN(C)CC(C)N(CCN(C)C)C(C)CN(C)C)N(C)C.CN(C)CCCN(C)CCN(CCN(C)C)CCN(C)C.CN(C)CCCSCCN(CCN(C)C)CCN(C)C.CN(C)CCN(CCN(C)C)CCN(C)CCC(=O)O.CN(C)CCN(CCN(C)C)CCN(C)CCCN.CN(C)CCN(CCN(C)C)CCN(C)CCN.[C-]#[N+]CN(C)CCN(CCN(C)CCCN(C)C)CCN(C)C[N+]#[C-]. The number of carboxylic acids is 1.